The fraction of sp³-hybridized carbons (Fsp3) is 0.133. The predicted molar refractivity (Wildman–Crippen MR) is 82.5 cm³/mol. The molecular formula is C15H11Cl2NOS. The van der Waals surface area contributed by atoms with Crippen LogP contribution in [0.15, 0.2) is 41.3 Å². The number of nitriles is 1. The molecule has 0 fully saturated rings. The molecule has 20 heavy (non-hydrogen) atoms. The lowest BCUT2D eigenvalue weighted by Crippen LogP contribution is -2.00. The fourth-order valence-electron chi connectivity index (χ4n) is 1.80. The molecular weight excluding hydrogens is 313 g/mol. The first-order valence-electron chi connectivity index (χ1n) is 5.84. The lowest BCUT2D eigenvalue weighted by molar-refractivity contribution is 0.682. The summed E-state index contributed by atoms with van der Waals surface area (Å²) in [6.45, 7) is 1.90. The molecule has 0 saturated carbocycles. The molecule has 1 atom stereocenters. The molecule has 0 amide bonds. The minimum atomic E-state index is -1.27. The molecule has 0 radical (unpaired) electrons. The molecule has 0 aromatic heterocycles. The van der Waals surface area contributed by atoms with Crippen molar-refractivity contribution in [2.24, 2.45) is 0 Å². The summed E-state index contributed by atoms with van der Waals surface area (Å²) in [5, 5.41) is 9.79. The SMILES string of the molecule is Cc1cc(C#N)ccc1CS(=O)c1cc(Cl)ccc1Cl. The molecule has 5 heteroatoms. The molecule has 0 aliphatic carbocycles. The highest BCUT2D eigenvalue weighted by molar-refractivity contribution is 7.84. The van der Waals surface area contributed by atoms with Gasteiger partial charge in [0.15, 0.2) is 0 Å². The molecule has 2 aromatic carbocycles. The first-order valence-corrected chi connectivity index (χ1v) is 7.92. The zero-order chi connectivity index (χ0) is 14.7. The summed E-state index contributed by atoms with van der Waals surface area (Å²) in [6.07, 6.45) is 0. The molecule has 2 rings (SSSR count). The largest absolute Gasteiger partial charge is 0.254 e. The van der Waals surface area contributed by atoms with Gasteiger partial charge in [0.25, 0.3) is 0 Å². The number of rotatable bonds is 3. The van der Waals surface area contributed by atoms with Gasteiger partial charge in [-0.05, 0) is 48.4 Å². The monoisotopic (exact) mass is 323 g/mol. The van der Waals surface area contributed by atoms with Crippen molar-refractivity contribution < 1.29 is 4.21 Å². The second-order valence-electron chi connectivity index (χ2n) is 4.32. The van der Waals surface area contributed by atoms with Crippen molar-refractivity contribution in [3.63, 3.8) is 0 Å². The van der Waals surface area contributed by atoms with Crippen molar-refractivity contribution in [1.82, 2.24) is 0 Å². The Morgan fingerprint density at radius 1 is 1.20 bits per heavy atom. The van der Waals surface area contributed by atoms with E-state index < -0.39 is 10.8 Å². The van der Waals surface area contributed by atoms with Gasteiger partial charge in [0.2, 0.25) is 0 Å². The fourth-order valence-corrected chi connectivity index (χ4v) is 3.72. The Bertz CT molecular complexity index is 722. The highest BCUT2D eigenvalue weighted by Gasteiger charge is 2.12. The summed E-state index contributed by atoms with van der Waals surface area (Å²) in [4.78, 5) is 0.530. The van der Waals surface area contributed by atoms with E-state index in [-0.39, 0.29) is 0 Å². The number of halogens is 2. The van der Waals surface area contributed by atoms with E-state index in [9.17, 15) is 4.21 Å². The van der Waals surface area contributed by atoms with E-state index in [2.05, 4.69) is 6.07 Å². The Morgan fingerprint density at radius 2 is 1.95 bits per heavy atom. The van der Waals surface area contributed by atoms with Crippen LogP contribution in [0.1, 0.15) is 16.7 Å². The van der Waals surface area contributed by atoms with Gasteiger partial charge in [-0.15, -0.1) is 0 Å². The van der Waals surface area contributed by atoms with Gasteiger partial charge in [-0.2, -0.15) is 5.26 Å². The number of hydrogen-bond donors (Lipinski definition) is 0. The van der Waals surface area contributed by atoms with Crippen LogP contribution in [-0.4, -0.2) is 4.21 Å². The third-order valence-corrected chi connectivity index (χ3v) is 4.98. The second-order valence-corrected chi connectivity index (χ2v) is 6.58. The Labute approximate surface area is 130 Å². The standard InChI is InChI=1S/C15H11Cl2NOS/c1-10-6-11(8-18)2-3-12(10)9-20(19)15-7-13(16)4-5-14(15)17/h2-7H,9H2,1H3. The first kappa shape index (κ1) is 15.1. The van der Waals surface area contributed by atoms with Crippen molar-refractivity contribution in [2.45, 2.75) is 17.6 Å². The van der Waals surface area contributed by atoms with Gasteiger partial charge < -0.3 is 0 Å². The maximum atomic E-state index is 12.4. The lowest BCUT2D eigenvalue weighted by atomic mass is 10.1. The van der Waals surface area contributed by atoms with Crippen LogP contribution in [0.5, 0.6) is 0 Å². The van der Waals surface area contributed by atoms with Gasteiger partial charge in [0.1, 0.15) is 0 Å². The van der Waals surface area contributed by atoms with Crippen LogP contribution >= 0.6 is 23.2 Å². The van der Waals surface area contributed by atoms with E-state index in [1.165, 1.54) is 0 Å². The maximum absolute atomic E-state index is 12.4. The van der Waals surface area contributed by atoms with Gasteiger partial charge >= 0.3 is 0 Å². The Balaban J connectivity index is 2.28. The average molecular weight is 324 g/mol. The van der Waals surface area contributed by atoms with Crippen molar-refractivity contribution in [3.8, 4) is 6.07 Å². The summed E-state index contributed by atoms with van der Waals surface area (Å²) < 4.78 is 12.4. The number of nitrogens with zero attached hydrogens (tertiary/aromatic N) is 1. The van der Waals surface area contributed by atoms with Crippen LogP contribution in [0.3, 0.4) is 0 Å². The molecule has 0 aliphatic rings. The highest BCUT2D eigenvalue weighted by atomic mass is 35.5. The summed E-state index contributed by atoms with van der Waals surface area (Å²) in [5.41, 5.74) is 2.46. The van der Waals surface area contributed by atoms with E-state index in [0.29, 0.717) is 26.3 Å². The Morgan fingerprint density at radius 3 is 2.60 bits per heavy atom. The lowest BCUT2D eigenvalue weighted by Gasteiger charge is -2.08. The molecule has 2 nitrogen and oxygen atoms in total. The molecule has 0 heterocycles. The molecule has 0 aliphatic heterocycles. The minimum absolute atomic E-state index is 0.345. The smallest absolute Gasteiger partial charge is 0.0991 e. The summed E-state index contributed by atoms with van der Waals surface area (Å²) in [6, 6.07) is 12.3. The Kier molecular flexibility index (Phi) is 4.82. The molecule has 2 aromatic rings. The zero-order valence-corrected chi connectivity index (χ0v) is 13.0. The zero-order valence-electron chi connectivity index (χ0n) is 10.7. The normalized spacial score (nSPS) is 11.9. The second kappa shape index (κ2) is 6.41. The van der Waals surface area contributed by atoms with Crippen molar-refractivity contribution in [1.29, 1.82) is 5.26 Å². The highest BCUT2D eigenvalue weighted by Crippen LogP contribution is 2.26. The van der Waals surface area contributed by atoms with Crippen molar-refractivity contribution in [3.05, 3.63) is 63.1 Å². The molecule has 1 unspecified atom stereocenters. The van der Waals surface area contributed by atoms with Gasteiger partial charge in [0, 0.05) is 5.02 Å². The van der Waals surface area contributed by atoms with Crippen LogP contribution in [0.2, 0.25) is 10.0 Å². The van der Waals surface area contributed by atoms with E-state index in [4.69, 9.17) is 28.5 Å². The van der Waals surface area contributed by atoms with Crippen molar-refractivity contribution >= 4 is 34.0 Å². The number of aryl methyl sites for hydroxylation is 1. The molecule has 0 bridgehead atoms. The summed E-state index contributed by atoms with van der Waals surface area (Å²) >= 11 is 12.0. The number of hydrogen-bond acceptors (Lipinski definition) is 2. The molecule has 102 valence electrons. The molecule has 0 N–H and O–H groups in total. The average Bonchev–Trinajstić information content (AvgIpc) is 2.43. The Hall–Kier alpha value is -1.34. The van der Waals surface area contributed by atoms with E-state index in [1.54, 1.807) is 30.3 Å². The molecule has 0 spiro atoms. The molecule has 0 saturated heterocycles. The van der Waals surface area contributed by atoms with Gasteiger partial charge in [0.05, 0.1) is 38.1 Å². The van der Waals surface area contributed by atoms with E-state index >= 15 is 0 Å². The quantitative estimate of drug-likeness (QED) is 0.835. The van der Waals surface area contributed by atoms with Crippen LogP contribution in [0, 0.1) is 18.3 Å². The van der Waals surface area contributed by atoms with Gasteiger partial charge in [-0.1, -0.05) is 29.3 Å². The third-order valence-electron chi connectivity index (χ3n) is 2.90. The number of benzene rings is 2. The van der Waals surface area contributed by atoms with E-state index in [0.717, 1.165) is 11.1 Å². The van der Waals surface area contributed by atoms with E-state index in [1.807, 2.05) is 13.0 Å². The van der Waals surface area contributed by atoms with Gasteiger partial charge in [-0.3, -0.25) is 4.21 Å². The first-order chi connectivity index (χ1) is 9.51. The van der Waals surface area contributed by atoms with Crippen LogP contribution in [0.25, 0.3) is 0 Å². The van der Waals surface area contributed by atoms with Crippen molar-refractivity contribution in [2.75, 3.05) is 0 Å². The summed E-state index contributed by atoms with van der Waals surface area (Å²) in [5.74, 6) is 0.345. The van der Waals surface area contributed by atoms with Crippen LogP contribution in [-0.2, 0) is 16.6 Å². The van der Waals surface area contributed by atoms with Gasteiger partial charge in [-0.25, -0.2) is 0 Å². The van der Waals surface area contributed by atoms with Crippen LogP contribution in [0.4, 0.5) is 0 Å². The predicted octanol–water partition coefficient (Wildman–Crippen LogP) is 4.48. The maximum Gasteiger partial charge on any atom is 0.0991 e. The minimum Gasteiger partial charge on any atom is -0.254 e. The van der Waals surface area contributed by atoms with Crippen LogP contribution < -0.4 is 0 Å². The summed E-state index contributed by atoms with van der Waals surface area (Å²) in [7, 11) is -1.27. The topological polar surface area (TPSA) is 40.9 Å². The third kappa shape index (κ3) is 3.40.